The van der Waals surface area contributed by atoms with Crippen LogP contribution in [-0.2, 0) is 4.79 Å². The summed E-state index contributed by atoms with van der Waals surface area (Å²) in [4.78, 5) is 10.8. The van der Waals surface area contributed by atoms with E-state index in [2.05, 4.69) is 36.4 Å². The van der Waals surface area contributed by atoms with Crippen LogP contribution in [0.5, 0.6) is 0 Å². The van der Waals surface area contributed by atoms with Crippen LogP contribution in [0.4, 0.5) is 0 Å². The number of thioether (sulfide) groups is 1. The molecular weight excluding hydrogens is 228 g/mol. The Morgan fingerprint density at radius 2 is 1.94 bits per heavy atom. The van der Waals surface area contributed by atoms with Gasteiger partial charge in [-0.3, -0.25) is 4.79 Å². The van der Waals surface area contributed by atoms with E-state index in [1.165, 1.54) is 28.1 Å². The van der Waals surface area contributed by atoms with E-state index in [4.69, 9.17) is 0 Å². The Kier molecular flexibility index (Phi) is 3.99. The minimum absolute atomic E-state index is 0.160. The maximum Gasteiger partial charge on any atom is 0.186 e. The molecule has 0 amide bonds. The summed E-state index contributed by atoms with van der Waals surface area (Å²) in [7, 11) is 0. The summed E-state index contributed by atoms with van der Waals surface area (Å²) in [6.07, 6.45) is 4.08. The number of benzene rings is 2. The van der Waals surface area contributed by atoms with E-state index in [0.717, 1.165) is 5.75 Å². The Bertz CT molecular complexity index is 558. The highest BCUT2D eigenvalue weighted by molar-refractivity contribution is 8.13. The van der Waals surface area contributed by atoms with Gasteiger partial charge in [0.1, 0.15) is 0 Å². The molecule has 0 aromatic heterocycles. The van der Waals surface area contributed by atoms with Crippen LogP contribution < -0.4 is 0 Å². The molecule has 0 aliphatic heterocycles. The lowest BCUT2D eigenvalue weighted by atomic mass is 10.1. The van der Waals surface area contributed by atoms with Crippen LogP contribution in [0, 0.1) is 0 Å². The van der Waals surface area contributed by atoms with E-state index < -0.39 is 0 Å². The monoisotopic (exact) mass is 242 g/mol. The molecule has 2 aromatic rings. The van der Waals surface area contributed by atoms with E-state index in [9.17, 15) is 4.79 Å². The van der Waals surface area contributed by atoms with Crippen molar-refractivity contribution in [2.75, 3.05) is 5.75 Å². The highest BCUT2D eigenvalue weighted by atomic mass is 32.2. The van der Waals surface area contributed by atoms with Crippen molar-refractivity contribution in [2.45, 2.75) is 6.92 Å². The van der Waals surface area contributed by atoms with Gasteiger partial charge in [0.05, 0.1) is 0 Å². The predicted molar refractivity (Wildman–Crippen MR) is 76.1 cm³/mol. The Labute approximate surface area is 106 Å². The SMILES string of the molecule is CC(=O)SCC=Cc1ccc2ccccc2c1. The molecule has 0 atom stereocenters. The maximum atomic E-state index is 10.8. The Balaban J connectivity index is 2.11. The first-order valence-corrected chi connectivity index (χ1v) is 6.53. The molecule has 0 aliphatic carbocycles. The standard InChI is InChI=1S/C15H14OS/c1-12(16)17-10-4-5-13-8-9-14-6-2-3-7-15(14)11-13/h2-9,11H,10H2,1H3. The van der Waals surface area contributed by atoms with Crippen molar-refractivity contribution in [1.29, 1.82) is 0 Å². The third kappa shape index (κ3) is 3.46. The number of carbonyl (C=O) groups excluding carboxylic acids is 1. The first-order chi connectivity index (χ1) is 8.25. The van der Waals surface area contributed by atoms with Crippen LogP contribution in [0.3, 0.4) is 0 Å². The summed E-state index contributed by atoms with van der Waals surface area (Å²) < 4.78 is 0. The lowest BCUT2D eigenvalue weighted by Crippen LogP contribution is -1.81. The molecule has 0 aliphatic rings. The van der Waals surface area contributed by atoms with Gasteiger partial charge in [0.15, 0.2) is 5.12 Å². The zero-order chi connectivity index (χ0) is 12.1. The number of carbonyl (C=O) groups is 1. The Morgan fingerprint density at radius 3 is 2.71 bits per heavy atom. The molecule has 0 N–H and O–H groups in total. The van der Waals surface area contributed by atoms with Crippen LogP contribution >= 0.6 is 11.8 Å². The van der Waals surface area contributed by atoms with Crippen molar-refractivity contribution in [1.82, 2.24) is 0 Å². The first kappa shape index (κ1) is 11.9. The quantitative estimate of drug-likeness (QED) is 0.805. The second kappa shape index (κ2) is 5.69. The number of rotatable bonds is 3. The fourth-order valence-corrected chi connectivity index (χ4v) is 2.09. The second-order valence-electron chi connectivity index (χ2n) is 3.81. The highest BCUT2D eigenvalue weighted by Gasteiger charge is 1.93. The van der Waals surface area contributed by atoms with Gasteiger partial charge in [0.25, 0.3) is 0 Å². The van der Waals surface area contributed by atoms with Crippen LogP contribution in [0.1, 0.15) is 12.5 Å². The molecule has 0 heterocycles. The van der Waals surface area contributed by atoms with Gasteiger partial charge in [-0.25, -0.2) is 0 Å². The Hall–Kier alpha value is -1.54. The van der Waals surface area contributed by atoms with Gasteiger partial charge in [-0.05, 0) is 22.4 Å². The minimum Gasteiger partial charge on any atom is -0.288 e. The van der Waals surface area contributed by atoms with Gasteiger partial charge in [0.2, 0.25) is 0 Å². The average molecular weight is 242 g/mol. The molecule has 2 rings (SSSR count). The summed E-state index contributed by atoms with van der Waals surface area (Å²) in [6.45, 7) is 1.59. The van der Waals surface area contributed by atoms with Gasteiger partial charge < -0.3 is 0 Å². The molecule has 0 spiro atoms. The van der Waals surface area contributed by atoms with Crippen LogP contribution in [0.2, 0.25) is 0 Å². The zero-order valence-corrected chi connectivity index (χ0v) is 10.5. The van der Waals surface area contributed by atoms with Gasteiger partial charge in [-0.1, -0.05) is 60.3 Å². The number of fused-ring (bicyclic) bond motifs is 1. The fourth-order valence-electron chi connectivity index (χ4n) is 1.66. The van der Waals surface area contributed by atoms with Crippen LogP contribution in [0.15, 0.2) is 48.5 Å². The normalized spacial score (nSPS) is 11.1. The van der Waals surface area contributed by atoms with Gasteiger partial charge >= 0.3 is 0 Å². The maximum absolute atomic E-state index is 10.8. The topological polar surface area (TPSA) is 17.1 Å². The molecule has 86 valence electrons. The van der Waals surface area contributed by atoms with E-state index in [1.54, 1.807) is 6.92 Å². The lowest BCUT2D eigenvalue weighted by Gasteiger charge is -1.98. The molecule has 1 nitrogen and oxygen atoms in total. The summed E-state index contributed by atoms with van der Waals surface area (Å²) in [5, 5.41) is 2.66. The van der Waals surface area contributed by atoms with E-state index in [-0.39, 0.29) is 5.12 Å². The first-order valence-electron chi connectivity index (χ1n) is 5.54. The molecule has 2 heteroatoms. The second-order valence-corrected chi connectivity index (χ2v) is 5.01. The number of hydrogen-bond donors (Lipinski definition) is 0. The van der Waals surface area contributed by atoms with E-state index in [1.807, 2.05) is 18.2 Å². The lowest BCUT2D eigenvalue weighted by molar-refractivity contribution is -0.109. The van der Waals surface area contributed by atoms with Crippen molar-refractivity contribution < 1.29 is 4.79 Å². The molecule has 0 saturated carbocycles. The smallest absolute Gasteiger partial charge is 0.186 e. The van der Waals surface area contributed by atoms with E-state index in [0.29, 0.717) is 0 Å². The Morgan fingerprint density at radius 1 is 1.18 bits per heavy atom. The summed E-state index contributed by atoms with van der Waals surface area (Å²) >= 11 is 1.33. The molecule has 0 bridgehead atoms. The molecule has 0 saturated heterocycles. The molecule has 0 fully saturated rings. The minimum atomic E-state index is 0.160. The molecule has 17 heavy (non-hydrogen) atoms. The van der Waals surface area contributed by atoms with Gasteiger partial charge in [-0.15, -0.1) is 0 Å². The van der Waals surface area contributed by atoms with Crippen molar-refractivity contribution in [3.63, 3.8) is 0 Å². The third-order valence-electron chi connectivity index (χ3n) is 2.47. The van der Waals surface area contributed by atoms with Gasteiger partial charge in [0, 0.05) is 12.7 Å². The van der Waals surface area contributed by atoms with Crippen LogP contribution in [0.25, 0.3) is 16.8 Å². The third-order valence-corrected chi connectivity index (χ3v) is 3.23. The molecule has 0 radical (unpaired) electrons. The summed E-state index contributed by atoms with van der Waals surface area (Å²) in [5.41, 5.74) is 1.17. The average Bonchev–Trinajstić information content (AvgIpc) is 2.34. The summed E-state index contributed by atoms with van der Waals surface area (Å²) in [5.74, 6) is 0.738. The summed E-state index contributed by atoms with van der Waals surface area (Å²) in [6, 6.07) is 14.7. The van der Waals surface area contributed by atoms with Crippen molar-refractivity contribution >= 4 is 33.7 Å². The molecular formula is C15H14OS. The molecule has 0 unspecified atom stereocenters. The van der Waals surface area contributed by atoms with Crippen molar-refractivity contribution in [3.05, 3.63) is 54.1 Å². The van der Waals surface area contributed by atoms with E-state index >= 15 is 0 Å². The van der Waals surface area contributed by atoms with Gasteiger partial charge in [-0.2, -0.15) is 0 Å². The van der Waals surface area contributed by atoms with Crippen LogP contribution in [-0.4, -0.2) is 10.9 Å². The largest absolute Gasteiger partial charge is 0.288 e. The fraction of sp³-hybridized carbons (Fsp3) is 0.133. The predicted octanol–water partition coefficient (Wildman–Crippen LogP) is 4.13. The van der Waals surface area contributed by atoms with Crippen molar-refractivity contribution in [3.8, 4) is 0 Å². The number of hydrogen-bond acceptors (Lipinski definition) is 2. The highest BCUT2D eigenvalue weighted by Crippen LogP contribution is 2.16. The zero-order valence-electron chi connectivity index (χ0n) is 9.72. The molecule has 2 aromatic carbocycles. The van der Waals surface area contributed by atoms with Crippen molar-refractivity contribution in [2.24, 2.45) is 0 Å².